The molecule has 1 aromatic carbocycles. The SMILES string of the molecule is CCOCCNC(=O)c1ccc2nc(Cl)sc2c1. The van der Waals surface area contributed by atoms with E-state index in [0.29, 0.717) is 29.8 Å². The highest BCUT2D eigenvalue weighted by atomic mass is 35.5. The van der Waals surface area contributed by atoms with Gasteiger partial charge in [0.05, 0.1) is 16.8 Å². The lowest BCUT2D eigenvalue weighted by molar-refractivity contribution is 0.0923. The average Bonchev–Trinajstić information content (AvgIpc) is 2.73. The van der Waals surface area contributed by atoms with Crippen LogP contribution < -0.4 is 5.32 Å². The predicted molar refractivity (Wildman–Crippen MR) is 73.5 cm³/mol. The van der Waals surface area contributed by atoms with Crippen molar-refractivity contribution >= 4 is 39.1 Å². The molecule has 0 aliphatic carbocycles. The van der Waals surface area contributed by atoms with Crippen LogP contribution in [0.15, 0.2) is 18.2 Å². The number of hydrogen-bond donors (Lipinski definition) is 1. The van der Waals surface area contributed by atoms with Crippen molar-refractivity contribution in [3.05, 3.63) is 28.2 Å². The summed E-state index contributed by atoms with van der Waals surface area (Å²) in [7, 11) is 0. The van der Waals surface area contributed by atoms with E-state index in [9.17, 15) is 4.79 Å². The monoisotopic (exact) mass is 284 g/mol. The molecule has 0 unspecified atom stereocenters. The van der Waals surface area contributed by atoms with E-state index in [2.05, 4.69) is 10.3 Å². The van der Waals surface area contributed by atoms with Gasteiger partial charge >= 0.3 is 0 Å². The summed E-state index contributed by atoms with van der Waals surface area (Å²) in [5.74, 6) is -0.110. The van der Waals surface area contributed by atoms with E-state index < -0.39 is 0 Å². The molecule has 1 N–H and O–H groups in total. The fraction of sp³-hybridized carbons (Fsp3) is 0.333. The molecular weight excluding hydrogens is 272 g/mol. The molecule has 0 radical (unpaired) electrons. The number of amides is 1. The summed E-state index contributed by atoms with van der Waals surface area (Å²) in [6.45, 7) is 3.61. The van der Waals surface area contributed by atoms with Crippen LogP contribution >= 0.6 is 22.9 Å². The Balaban J connectivity index is 2.03. The molecule has 96 valence electrons. The maximum Gasteiger partial charge on any atom is 0.251 e. The van der Waals surface area contributed by atoms with Gasteiger partial charge in [0.1, 0.15) is 0 Å². The summed E-state index contributed by atoms with van der Waals surface area (Å²) in [6, 6.07) is 5.35. The molecule has 18 heavy (non-hydrogen) atoms. The molecule has 0 atom stereocenters. The van der Waals surface area contributed by atoms with E-state index in [1.165, 1.54) is 11.3 Å². The molecule has 0 aliphatic heterocycles. The highest BCUT2D eigenvalue weighted by Crippen LogP contribution is 2.26. The van der Waals surface area contributed by atoms with Crippen molar-refractivity contribution in [3.8, 4) is 0 Å². The second-order valence-corrected chi connectivity index (χ2v) is 5.21. The molecule has 0 fully saturated rings. The number of nitrogens with zero attached hydrogens (tertiary/aromatic N) is 1. The molecule has 1 aromatic heterocycles. The van der Waals surface area contributed by atoms with Gasteiger partial charge in [-0.2, -0.15) is 0 Å². The van der Waals surface area contributed by atoms with Crippen molar-refractivity contribution in [1.82, 2.24) is 10.3 Å². The maximum absolute atomic E-state index is 11.8. The minimum Gasteiger partial charge on any atom is -0.380 e. The number of hydrogen-bond acceptors (Lipinski definition) is 4. The van der Waals surface area contributed by atoms with Gasteiger partial charge in [-0.1, -0.05) is 11.6 Å². The summed E-state index contributed by atoms with van der Waals surface area (Å²) < 4.78 is 6.55. The summed E-state index contributed by atoms with van der Waals surface area (Å²) in [4.78, 5) is 16.0. The van der Waals surface area contributed by atoms with Gasteiger partial charge in [-0.25, -0.2) is 4.98 Å². The van der Waals surface area contributed by atoms with Crippen LogP contribution in [0.2, 0.25) is 4.47 Å². The normalized spacial score (nSPS) is 10.8. The Kier molecular flexibility index (Phi) is 4.52. The smallest absolute Gasteiger partial charge is 0.251 e. The van der Waals surface area contributed by atoms with E-state index in [1.54, 1.807) is 18.2 Å². The number of halogens is 1. The molecule has 0 saturated carbocycles. The zero-order valence-electron chi connectivity index (χ0n) is 9.90. The van der Waals surface area contributed by atoms with E-state index in [-0.39, 0.29) is 5.91 Å². The molecule has 0 aliphatic rings. The Labute approximate surface area is 114 Å². The lowest BCUT2D eigenvalue weighted by atomic mass is 10.2. The van der Waals surface area contributed by atoms with Crippen molar-refractivity contribution in [2.24, 2.45) is 0 Å². The number of rotatable bonds is 5. The quantitative estimate of drug-likeness (QED) is 0.859. The van der Waals surface area contributed by atoms with Crippen molar-refractivity contribution < 1.29 is 9.53 Å². The molecule has 2 aromatic rings. The van der Waals surface area contributed by atoms with Crippen LogP contribution in [0.25, 0.3) is 10.2 Å². The molecule has 2 rings (SSSR count). The number of carbonyl (C=O) groups is 1. The van der Waals surface area contributed by atoms with Gasteiger partial charge in [-0.15, -0.1) is 11.3 Å². The lowest BCUT2D eigenvalue weighted by Crippen LogP contribution is -2.27. The summed E-state index contributed by atoms with van der Waals surface area (Å²) >= 11 is 7.19. The van der Waals surface area contributed by atoms with Crippen LogP contribution in [-0.4, -0.2) is 30.6 Å². The van der Waals surface area contributed by atoms with E-state index >= 15 is 0 Å². The first kappa shape index (κ1) is 13.3. The van der Waals surface area contributed by atoms with Crippen LogP contribution in [0.4, 0.5) is 0 Å². The first-order chi connectivity index (χ1) is 8.70. The van der Waals surface area contributed by atoms with Gasteiger partial charge in [0.2, 0.25) is 0 Å². The van der Waals surface area contributed by atoms with Crippen LogP contribution in [0, 0.1) is 0 Å². The third-order valence-corrected chi connectivity index (χ3v) is 3.48. The minimum absolute atomic E-state index is 0.110. The molecule has 0 bridgehead atoms. The number of carbonyl (C=O) groups excluding carboxylic acids is 1. The van der Waals surface area contributed by atoms with Crippen LogP contribution in [0.1, 0.15) is 17.3 Å². The zero-order chi connectivity index (χ0) is 13.0. The second-order valence-electron chi connectivity index (χ2n) is 3.60. The Morgan fingerprint density at radius 2 is 2.39 bits per heavy atom. The molecule has 1 heterocycles. The van der Waals surface area contributed by atoms with E-state index in [1.807, 2.05) is 6.92 Å². The highest BCUT2D eigenvalue weighted by molar-refractivity contribution is 7.22. The number of nitrogens with one attached hydrogen (secondary N) is 1. The third kappa shape index (κ3) is 3.19. The van der Waals surface area contributed by atoms with E-state index in [0.717, 1.165) is 10.2 Å². The minimum atomic E-state index is -0.110. The Morgan fingerprint density at radius 3 is 3.17 bits per heavy atom. The van der Waals surface area contributed by atoms with Crippen molar-refractivity contribution in [2.45, 2.75) is 6.92 Å². The second kappa shape index (κ2) is 6.13. The maximum atomic E-state index is 11.8. The number of benzene rings is 1. The van der Waals surface area contributed by atoms with Crippen LogP contribution in [-0.2, 0) is 4.74 Å². The molecular formula is C12H13ClN2O2S. The number of thiazole rings is 1. The van der Waals surface area contributed by atoms with Crippen LogP contribution in [0.5, 0.6) is 0 Å². The highest BCUT2D eigenvalue weighted by Gasteiger charge is 2.08. The number of aromatic nitrogens is 1. The van der Waals surface area contributed by atoms with Gasteiger partial charge < -0.3 is 10.1 Å². The first-order valence-corrected chi connectivity index (χ1v) is 6.82. The summed E-state index contributed by atoms with van der Waals surface area (Å²) in [5.41, 5.74) is 1.43. The average molecular weight is 285 g/mol. The first-order valence-electron chi connectivity index (χ1n) is 5.62. The predicted octanol–water partition coefficient (Wildman–Crippen LogP) is 2.72. The fourth-order valence-corrected chi connectivity index (χ4v) is 2.59. The third-order valence-electron chi connectivity index (χ3n) is 2.36. The number of fused-ring (bicyclic) bond motifs is 1. The lowest BCUT2D eigenvalue weighted by Gasteiger charge is -2.05. The van der Waals surface area contributed by atoms with Gasteiger partial charge in [-0.05, 0) is 25.1 Å². The van der Waals surface area contributed by atoms with Crippen molar-refractivity contribution in [1.29, 1.82) is 0 Å². The standard InChI is InChI=1S/C12H13ClN2O2S/c1-2-17-6-5-14-11(16)8-3-4-9-10(7-8)18-12(13)15-9/h3-4,7H,2,5-6H2,1H3,(H,14,16). The number of ether oxygens (including phenoxy) is 1. The molecule has 4 nitrogen and oxygen atoms in total. The van der Waals surface area contributed by atoms with E-state index in [4.69, 9.17) is 16.3 Å². The fourth-order valence-electron chi connectivity index (χ4n) is 1.52. The Hall–Kier alpha value is -1.17. The Bertz CT molecular complexity index is 556. The molecule has 0 saturated heterocycles. The largest absolute Gasteiger partial charge is 0.380 e. The Morgan fingerprint density at radius 1 is 1.56 bits per heavy atom. The molecule has 0 spiro atoms. The zero-order valence-corrected chi connectivity index (χ0v) is 11.5. The van der Waals surface area contributed by atoms with Crippen molar-refractivity contribution in [2.75, 3.05) is 19.8 Å². The topological polar surface area (TPSA) is 51.2 Å². The molecule has 1 amide bonds. The van der Waals surface area contributed by atoms with Crippen LogP contribution in [0.3, 0.4) is 0 Å². The van der Waals surface area contributed by atoms with Gasteiger partial charge in [0.25, 0.3) is 5.91 Å². The van der Waals surface area contributed by atoms with Gasteiger partial charge in [-0.3, -0.25) is 4.79 Å². The summed E-state index contributed by atoms with van der Waals surface area (Å²) in [5, 5.41) is 2.79. The summed E-state index contributed by atoms with van der Waals surface area (Å²) in [6.07, 6.45) is 0. The molecule has 6 heteroatoms. The van der Waals surface area contributed by atoms with Gasteiger partial charge in [0, 0.05) is 18.7 Å². The van der Waals surface area contributed by atoms with Crippen molar-refractivity contribution in [3.63, 3.8) is 0 Å². The van der Waals surface area contributed by atoms with Gasteiger partial charge in [0.15, 0.2) is 4.47 Å².